The van der Waals surface area contributed by atoms with Gasteiger partial charge < -0.3 is 4.98 Å². The molecule has 0 saturated heterocycles. The van der Waals surface area contributed by atoms with Crippen molar-refractivity contribution in [2.75, 3.05) is 0 Å². The first-order valence-electron chi connectivity index (χ1n) is 5.31. The Morgan fingerprint density at radius 2 is 1.83 bits per heavy atom. The normalized spacial score (nSPS) is 10.3. The fourth-order valence-corrected chi connectivity index (χ4v) is 1.82. The molecule has 18 heavy (non-hydrogen) atoms. The summed E-state index contributed by atoms with van der Waals surface area (Å²) in [4.78, 5) is 28.7. The number of hydrogen-bond acceptors (Lipinski definition) is 4. The van der Waals surface area contributed by atoms with Crippen LogP contribution in [0.5, 0.6) is 0 Å². The van der Waals surface area contributed by atoms with Crippen molar-refractivity contribution < 1.29 is 4.92 Å². The summed E-state index contributed by atoms with van der Waals surface area (Å²) in [6, 6.07) is 5.83. The third-order valence-corrected chi connectivity index (χ3v) is 2.59. The van der Waals surface area contributed by atoms with Gasteiger partial charge in [-0.2, -0.15) is 4.98 Å². The number of H-pyrrole nitrogens is 1. The van der Waals surface area contributed by atoms with E-state index in [4.69, 9.17) is 0 Å². The van der Waals surface area contributed by atoms with Crippen LogP contribution in [-0.2, 0) is 0 Å². The zero-order valence-electron chi connectivity index (χ0n) is 9.93. The first-order chi connectivity index (χ1) is 8.49. The maximum Gasteiger partial charge on any atom is 0.281 e. The minimum atomic E-state index is -0.478. The topological polar surface area (TPSA) is 88.9 Å². The van der Waals surface area contributed by atoms with Gasteiger partial charge in [0.05, 0.1) is 10.5 Å². The van der Waals surface area contributed by atoms with Crippen molar-refractivity contribution in [3.8, 4) is 11.1 Å². The van der Waals surface area contributed by atoms with Gasteiger partial charge in [0.1, 0.15) is 5.82 Å². The average Bonchev–Trinajstić information content (AvgIpc) is 2.28. The van der Waals surface area contributed by atoms with E-state index in [1.165, 1.54) is 12.1 Å². The Morgan fingerprint density at radius 3 is 2.33 bits per heavy atom. The first kappa shape index (κ1) is 12.0. The number of benzene rings is 1. The number of aryl methyl sites for hydroxylation is 2. The second-order valence-corrected chi connectivity index (χ2v) is 3.93. The maximum atomic E-state index is 11.8. The molecule has 2 aromatic rings. The first-order valence-corrected chi connectivity index (χ1v) is 5.31. The van der Waals surface area contributed by atoms with Crippen LogP contribution in [0.1, 0.15) is 11.5 Å². The Hall–Kier alpha value is -2.50. The zero-order chi connectivity index (χ0) is 13.3. The maximum absolute atomic E-state index is 11.8. The van der Waals surface area contributed by atoms with Gasteiger partial charge in [-0.15, -0.1) is 0 Å². The summed E-state index contributed by atoms with van der Waals surface area (Å²) in [6.45, 7) is 3.47. The molecule has 0 aliphatic carbocycles. The van der Waals surface area contributed by atoms with Gasteiger partial charge in [0, 0.05) is 17.8 Å². The van der Waals surface area contributed by atoms with Crippen LogP contribution < -0.4 is 5.56 Å². The predicted molar refractivity (Wildman–Crippen MR) is 66.4 cm³/mol. The van der Waals surface area contributed by atoms with E-state index in [1.54, 1.807) is 26.0 Å². The molecular formula is C12H11N3O3. The Balaban J connectivity index is 2.56. The van der Waals surface area contributed by atoms with Crippen molar-refractivity contribution in [1.29, 1.82) is 0 Å². The summed E-state index contributed by atoms with van der Waals surface area (Å²) in [5, 5.41) is 10.6. The summed E-state index contributed by atoms with van der Waals surface area (Å²) in [5.41, 5.74) is 1.41. The largest absolute Gasteiger partial charge is 0.347 e. The van der Waals surface area contributed by atoms with Gasteiger partial charge in [0.2, 0.25) is 0 Å². The van der Waals surface area contributed by atoms with E-state index in [2.05, 4.69) is 9.97 Å². The smallest absolute Gasteiger partial charge is 0.281 e. The molecule has 1 N–H and O–H groups in total. The molecule has 0 aliphatic rings. The highest BCUT2D eigenvalue weighted by atomic mass is 16.6. The van der Waals surface area contributed by atoms with Gasteiger partial charge in [-0.1, -0.05) is 0 Å². The van der Waals surface area contributed by atoms with E-state index < -0.39 is 4.92 Å². The summed E-state index contributed by atoms with van der Waals surface area (Å²) >= 11 is 0. The highest BCUT2D eigenvalue weighted by molar-refractivity contribution is 5.65. The number of nitro groups is 1. The zero-order valence-corrected chi connectivity index (χ0v) is 9.93. The molecule has 0 unspecified atom stereocenters. The minimum absolute atomic E-state index is 0.00657. The number of hydrogen-bond donors (Lipinski definition) is 1. The Bertz CT molecular complexity index is 659. The third kappa shape index (κ3) is 2.13. The van der Waals surface area contributed by atoms with E-state index in [0.717, 1.165) is 0 Å². The SMILES string of the molecule is Cc1nc(=O)c(-c2ccc([N+](=O)[O-])cc2)c(C)[nH]1. The molecule has 0 bridgehead atoms. The van der Waals surface area contributed by atoms with Crippen LogP contribution >= 0.6 is 0 Å². The van der Waals surface area contributed by atoms with Gasteiger partial charge in [-0.3, -0.25) is 14.9 Å². The van der Waals surface area contributed by atoms with E-state index >= 15 is 0 Å². The second kappa shape index (κ2) is 4.40. The fourth-order valence-electron chi connectivity index (χ4n) is 1.82. The Labute approximate surface area is 102 Å². The molecule has 0 fully saturated rings. The number of nitrogens with zero attached hydrogens (tertiary/aromatic N) is 2. The van der Waals surface area contributed by atoms with Crippen LogP contribution in [0.25, 0.3) is 11.1 Å². The molecule has 0 spiro atoms. The molecular weight excluding hydrogens is 234 g/mol. The van der Waals surface area contributed by atoms with Gasteiger partial charge in [-0.25, -0.2) is 0 Å². The van der Waals surface area contributed by atoms with Gasteiger partial charge in [0.25, 0.3) is 11.2 Å². The lowest BCUT2D eigenvalue weighted by atomic mass is 10.1. The van der Waals surface area contributed by atoms with Crippen molar-refractivity contribution in [2.24, 2.45) is 0 Å². The number of aromatic nitrogens is 2. The van der Waals surface area contributed by atoms with Crippen molar-refractivity contribution in [3.63, 3.8) is 0 Å². The van der Waals surface area contributed by atoms with E-state index in [1.807, 2.05) is 0 Å². The fraction of sp³-hybridized carbons (Fsp3) is 0.167. The molecule has 0 aliphatic heterocycles. The van der Waals surface area contributed by atoms with Crippen LogP contribution in [0.2, 0.25) is 0 Å². The molecule has 6 nitrogen and oxygen atoms in total. The highest BCUT2D eigenvalue weighted by Gasteiger charge is 2.11. The number of aromatic amines is 1. The summed E-state index contributed by atoms with van der Waals surface area (Å²) in [6.07, 6.45) is 0. The molecule has 1 aromatic carbocycles. The number of nitrogens with one attached hydrogen (secondary N) is 1. The standard InChI is InChI=1S/C12H11N3O3/c1-7-11(12(16)14-8(2)13-7)9-3-5-10(6-4-9)15(17)18/h3-6H,1-2H3,(H,13,14,16). The summed E-state index contributed by atoms with van der Waals surface area (Å²) in [7, 11) is 0. The lowest BCUT2D eigenvalue weighted by Gasteiger charge is -2.05. The van der Waals surface area contributed by atoms with Crippen LogP contribution in [0, 0.1) is 24.0 Å². The minimum Gasteiger partial charge on any atom is -0.347 e. The number of rotatable bonds is 2. The monoisotopic (exact) mass is 245 g/mol. The van der Waals surface area contributed by atoms with Crippen molar-refractivity contribution in [3.05, 3.63) is 56.3 Å². The van der Waals surface area contributed by atoms with Gasteiger partial charge in [-0.05, 0) is 31.5 Å². The molecule has 1 aromatic heterocycles. The molecule has 0 amide bonds. The van der Waals surface area contributed by atoms with E-state index in [-0.39, 0.29) is 11.2 Å². The predicted octanol–water partition coefficient (Wildman–Crippen LogP) is 1.96. The summed E-state index contributed by atoms with van der Waals surface area (Å²) in [5.74, 6) is 0.545. The molecule has 0 saturated carbocycles. The molecule has 0 radical (unpaired) electrons. The lowest BCUT2D eigenvalue weighted by Crippen LogP contribution is -2.14. The molecule has 1 heterocycles. The van der Waals surface area contributed by atoms with Gasteiger partial charge in [0.15, 0.2) is 0 Å². The van der Waals surface area contributed by atoms with Crippen molar-refractivity contribution >= 4 is 5.69 Å². The Kier molecular flexibility index (Phi) is 2.93. The molecule has 6 heteroatoms. The Morgan fingerprint density at radius 1 is 1.22 bits per heavy atom. The lowest BCUT2D eigenvalue weighted by molar-refractivity contribution is -0.384. The molecule has 2 rings (SSSR count). The third-order valence-electron chi connectivity index (χ3n) is 2.59. The number of non-ortho nitro benzene ring substituents is 1. The van der Waals surface area contributed by atoms with Crippen LogP contribution in [0.3, 0.4) is 0 Å². The van der Waals surface area contributed by atoms with Gasteiger partial charge >= 0.3 is 0 Å². The second-order valence-electron chi connectivity index (χ2n) is 3.93. The average molecular weight is 245 g/mol. The molecule has 0 atom stereocenters. The molecule has 92 valence electrons. The van der Waals surface area contributed by atoms with E-state index in [9.17, 15) is 14.9 Å². The van der Waals surface area contributed by atoms with Crippen LogP contribution in [0.15, 0.2) is 29.1 Å². The van der Waals surface area contributed by atoms with Crippen molar-refractivity contribution in [1.82, 2.24) is 9.97 Å². The van der Waals surface area contributed by atoms with Crippen LogP contribution in [0.4, 0.5) is 5.69 Å². The highest BCUT2D eigenvalue weighted by Crippen LogP contribution is 2.21. The number of nitro benzene ring substituents is 1. The van der Waals surface area contributed by atoms with Crippen LogP contribution in [-0.4, -0.2) is 14.9 Å². The summed E-state index contributed by atoms with van der Waals surface area (Å²) < 4.78 is 0. The van der Waals surface area contributed by atoms with E-state index in [0.29, 0.717) is 22.6 Å². The van der Waals surface area contributed by atoms with Crippen molar-refractivity contribution in [2.45, 2.75) is 13.8 Å². The quantitative estimate of drug-likeness (QED) is 0.647.